The topological polar surface area (TPSA) is 70.7 Å². The summed E-state index contributed by atoms with van der Waals surface area (Å²) < 4.78 is 4.99. The molecule has 2 fully saturated rings. The van der Waals surface area contributed by atoms with Crippen LogP contribution < -0.4 is 10.6 Å². The lowest BCUT2D eigenvalue weighted by atomic mass is 9.78. The number of Topliss-reactive ketones (excluding diaryl/α,β-unsaturated/α-hetero) is 1. The summed E-state index contributed by atoms with van der Waals surface area (Å²) in [5, 5.41) is 7.16. The van der Waals surface area contributed by atoms with Gasteiger partial charge in [-0.1, -0.05) is 11.6 Å². The molecule has 0 amide bonds. The number of rotatable bonds is 4. The molecule has 0 saturated carbocycles. The van der Waals surface area contributed by atoms with E-state index in [0.717, 1.165) is 19.6 Å². The van der Waals surface area contributed by atoms with E-state index in [4.69, 9.17) is 16.3 Å². The van der Waals surface area contributed by atoms with Gasteiger partial charge in [0.2, 0.25) is 0 Å². The Morgan fingerprint density at radius 3 is 2.48 bits per heavy atom. The van der Waals surface area contributed by atoms with Crippen LogP contribution in [0, 0.1) is 0 Å². The fourth-order valence-corrected chi connectivity index (χ4v) is 4.04. The van der Waals surface area contributed by atoms with Crippen LogP contribution in [-0.2, 0) is 9.53 Å². The van der Waals surface area contributed by atoms with Crippen molar-refractivity contribution in [3.63, 3.8) is 0 Å². The summed E-state index contributed by atoms with van der Waals surface area (Å²) in [4.78, 5) is 27.9. The summed E-state index contributed by atoms with van der Waals surface area (Å²) >= 11 is 5.97. The van der Waals surface area contributed by atoms with Gasteiger partial charge in [0, 0.05) is 30.2 Å². The number of hydrogen-bond donors (Lipinski definition) is 2. The summed E-state index contributed by atoms with van der Waals surface area (Å²) in [7, 11) is 1.39. The molecule has 1 atom stereocenters. The van der Waals surface area contributed by atoms with Crippen molar-refractivity contribution in [1.82, 2.24) is 15.5 Å². The van der Waals surface area contributed by atoms with Gasteiger partial charge < -0.3 is 15.4 Å². The zero-order valence-corrected chi connectivity index (χ0v) is 15.1. The highest BCUT2D eigenvalue weighted by Gasteiger charge is 2.49. The van der Waals surface area contributed by atoms with E-state index < -0.39 is 11.6 Å². The minimum atomic E-state index is -0.694. The third kappa shape index (κ3) is 3.58. The van der Waals surface area contributed by atoms with Gasteiger partial charge in [0.15, 0.2) is 5.78 Å². The number of carbonyl (C=O) groups is 2. The predicted octanol–water partition coefficient (Wildman–Crippen LogP) is 1.09. The highest BCUT2D eigenvalue weighted by molar-refractivity contribution is 6.30. The maximum absolute atomic E-state index is 13.5. The fourth-order valence-electron chi connectivity index (χ4n) is 3.92. The van der Waals surface area contributed by atoms with Crippen molar-refractivity contribution in [2.75, 3.05) is 39.8 Å². The molecule has 0 aliphatic carbocycles. The number of piperazine rings is 1. The summed E-state index contributed by atoms with van der Waals surface area (Å²) in [6, 6.07) is 6.55. The SMILES string of the molecule is COC(=O)C1CNCCN1C1(C(=O)c2ccc(Cl)cc2)CCNCC1. The second-order valence-corrected chi connectivity index (χ2v) is 6.99. The van der Waals surface area contributed by atoms with Crippen LogP contribution in [0.2, 0.25) is 5.02 Å². The number of methoxy groups -OCH3 is 1. The quantitative estimate of drug-likeness (QED) is 0.615. The van der Waals surface area contributed by atoms with Gasteiger partial charge in [-0.15, -0.1) is 0 Å². The van der Waals surface area contributed by atoms with E-state index in [1.54, 1.807) is 24.3 Å². The first kappa shape index (κ1) is 18.3. The molecule has 2 aliphatic rings. The van der Waals surface area contributed by atoms with Crippen molar-refractivity contribution >= 4 is 23.4 Å². The molecule has 0 radical (unpaired) electrons. The first-order valence-electron chi connectivity index (χ1n) is 8.65. The second kappa shape index (κ2) is 7.83. The Labute approximate surface area is 152 Å². The van der Waals surface area contributed by atoms with E-state index in [2.05, 4.69) is 15.5 Å². The lowest BCUT2D eigenvalue weighted by Crippen LogP contribution is -2.68. The molecule has 7 heteroatoms. The van der Waals surface area contributed by atoms with Gasteiger partial charge in [-0.2, -0.15) is 0 Å². The highest BCUT2D eigenvalue weighted by atomic mass is 35.5. The lowest BCUT2D eigenvalue weighted by molar-refractivity contribution is -0.150. The van der Waals surface area contributed by atoms with Crippen LogP contribution in [0.15, 0.2) is 24.3 Å². The first-order valence-corrected chi connectivity index (χ1v) is 9.03. The predicted molar refractivity (Wildman–Crippen MR) is 96.0 cm³/mol. The molecule has 1 aromatic carbocycles. The molecule has 0 bridgehead atoms. The molecule has 25 heavy (non-hydrogen) atoms. The summed E-state index contributed by atoms with van der Waals surface area (Å²) in [5.74, 6) is -0.240. The van der Waals surface area contributed by atoms with Crippen LogP contribution >= 0.6 is 11.6 Å². The molecule has 1 aromatic rings. The zero-order valence-electron chi connectivity index (χ0n) is 14.4. The third-order valence-corrected chi connectivity index (χ3v) is 5.48. The normalized spacial score (nSPS) is 23.8. The molecule has 2 aliphatic heterocycles. The van der Waals surface area contributed by atoms with Crippen molar-refractivity contribution in [2.45, 2.75) is 24.4 Å². The summed E-state index contributed by atoms with van der Waals surface area (Å²) in [5.41, 5.74) is -0.0616. The minimum absolute atomic E-state index is 0.0569. The van der Waals surface area contributed by atoms with Gasteiger partial charge in [-0.3, -0.25) is 14.5 Å². The van der Waals surface area contributed by atoms with Crippen LogP contribution in [0.1, 0.15) is 23.2 Å². The van der Waals surface area contributed by atoms with E-state index >= 15 is 0 Å². The monoisotopic (exact) mass is 365 g/mol. The zero-order chi connectivity index (χ0) is 17.9. The maximum Gasteiger partial charge on any atom is 0.324 e. The number of esters is 1. The van der Waals surface area contributed by atoms with Gasteiger partial charge >= 0.3 is 5.97 Å². The van der Waals surface area contributed by atoms with E-state index in [-0.39, 0.29) is 11.8 Å². The largest absolute Gasteiger partial charge is 0.468 e. The first-order chi connectivity index (χ1) is 12.1. The van der Waals surface area contributed by atoms with Gasteiger partial charge in [-0.05, 0) is 50.2 Å². The molecule has 0 spiro atoms. The molecule has 3 rings (SSSR count). The number of nitrogens with zero attached hydrogens (tertiary/aromatic N) is 1. The minimum Gasteiger partial charge on any atom is -0.468 e. The van der Waals surface area contributed by atoms with Crippen molar-refractivity contribution in [1.29, 1.82) is 0 Å². The standard InChI is InChI=1S/C18H24ClN3O3/c1-25-17(24)15-12-21-10-11-22(15)18(6-8-20-9-7-18)16(23)13-2-4-14(19)5-3-13/h2-5,15,20-21H,6-12H2,1H3. The Morgan fingerprint density at radius 1 is 1.16 bits per heavy atom. The Morgan fingerprint density at radius 2 is 1.84 bits per heavy atom. The van der Waals surface area contributed by atoms with Gasteiger partial charge in [0.05, 0.1) is 12.6 Å². The smallest absolute Gasteiger partial charge is 0.324 e. The molecule has 0 aromatic heterocycles. The number of ketones is 1. The van der Waals surface area contributed by atoms with Crippen molar-refractivity contribution in [2.24, 2.45) is 0 Å². The molecular weight excluding hydrogens is 342 g/mol. The van der Waals surface area contributed by atoms with Crippen LogP contribution in [0.3, 0.4) is 0 Å². The molecule has 2 heterocycles. The fraction of sp³-hybridized carbons (Fsp3) is 0.556. The van der Waals surface area contributed by atoms with Crippen molar-refractivity contribution in [3.05, 3.63) is 34.9 Å². The number of hydrogen-bond acceptors (Lipinski definition) is 6. The number of benzene rings is 1. The third-order valence-electron chi connectivity index (χ3n) is 5.23. The molecule has 1 unspecified atom stereocenters. The molecule has 2 saturated heterocycles. The Kier molecular flexibility index (Phi) is 5.74. The summed E-state index contributed by atoms with van der Waals surface area (Å²) in [6.07, 6.45) is 1.34. The molecule has 136 valence electrons. The van der Waals surface area contributed by atoms with Gasteiger partial charge in [0.25, 0.3) is 0 Å². The van der Waals surface area contributed by atoms with E-state index in [1.165, 1.54) is 7.11 Å². The number of piperidine rings is 1. The average molecular weight is 366 g/mol. The maximum atomic E-state index is 13.5. The molecule has 6 nitrogen and oxygen atoms in total. The highest BCUT2D eigenvalue weighted by Crippen LogP contribution is 2.33. The van der Waals surface area contributed by atoms with Crippen LogP contribution in [-0.4, -0.2) is 68.1 Å². The molecular formula is C18H24ClN3O3. The Bertz CT molecular complexity index is 629. The lowest BCUT2D eigenvalue weighted by Gasteiger charge is -2.49. The van der Waals surface area contributed by atoms with Crippen LogP contribution in [0.4, 0.5) is 0 Å². The summed E-state index contributed by atoms with van der Waals surface area (Å²) in [6.45, 7) is 3.37. The average Bonchev–Trinajstić information content (AvgIpc) is 2.68. The van der Waals surface area contributed by atoms with Crippen molar-refractivity contribution < 1.29 is 14.3 Å². The van der Waals surface area contributed by atoms with E-state index in [9.17, 15) is 9.59 Å². The van der Waals surface area contributed by atoms with Crippen LogP contribution in [0.5, 0.6) is 0 Å². The van der Waals surface area contributed by atoms with Gasteiger partial charge in [0.1, 0.15) is 6.04 Å². The van der Waals surface area contributed by atoms with E-state index in [1.807, 2.05) is 0 Å². The number of carbonyl (C=O) groups excluding carboxylic acids is 2. The number of halogens is 1. The number of nitrogens with one attached hydrogen (secondary N) is 2. The number of ether oxygens (including phenoxy) is 1. The Balaban J connectivity index is 1.98. The van der Waals surface area contributed by atoms with E-state index in [0.29, 0.717) is 36.5 Å². The van der Waals surface area contributed by atoms with Crippen molar-refractivity contribution in [3.8, 4) is 0 Å². The Hall–Kier alpha value is -1.47. The molecule has 2 N–H and O–H groups in total. The second-order valence-electron chi connectivity index (χ2n) is 6.55. The van der Waals surface area contributed by atoms with Crippen LogP contribution in [0.25, 0.3) is 0 Å². The van der Waals surface area contributed by atoms with Gasteiger partial charge in [-0.25, -0.2) is 0 Å².